The fourth-order valence-corrected chi connectivity index (χ4v) is 2.70. The van der Waals surface area contributed by atoms with Crippen LogP contribution in [0.3, 0.4) is 0 Å². The number of methoxy groups -OCH3 is 1. The zero-order valence-corrected chi connectivity index (χ0v) is 15.9. The summed E-state index contributed by atoms with van der Waals surface area (Å²) in [7, 11) is 1.31. The number of aromatic nitrogens is 2. The molecule has 0 aliphatic carbocycles. The quantitative estimate of drug-likeness (QED) is 0.627. The standard InChI is InChI=1S/C20H17ClN4O3/c1-12-9-14(21)7-8-16(12)24-18(26)13-10-22-20(23-11-13)25-17-6-4-3-5-15(17)19(27)28-2/h3-11H,1-2H3,(H,24,26)(H,22,23,25). The number of rotatable bonds is 5. The molecule has 1 heterocycles. The molecule has 8 heteroatoms. The van der Waals surface area contributed by atoms with Gasteiger partial charge in [-0.15, -0.1) is 0 Å². The van der Waals surface area contributed by atoms with Gasteiger partial charge in [-0.05, 0) is 42.8 Å². The smallest absolute Gasteiger partial charge is 0.339 e. The lowest BCUT2D eigenvalue weighted by Gasteiger charge is -2.10. The zero-order chi connectivity index (χ0) is 20.1. The Hall–Kier alpha value is -3.45. The fourth-order valence-electron chi connectivity index (χ4n) is 2.47. The predicted octanol–water partition coefficient (Wildman–Crippen LogP) is 4.22. The summed E-state index contributed by atoms with van der Waals surface area (Å²) in [5.41, 5.74) is 2.65. The van der Waals surface area contributed by atoms with E-state index < -0.39 is 5.97 Å². The molecule has 0 fully saturated rings. The number of carbonyl (C=O) groups excluding carboxylic acids is 2. The number of halogens is 1. The molecule has 0 radical (unpaired) electrons. The van der Waals surface area contributed by atoms with E-state index in [-0.39, 0.29) is 11.9 Å². The Morgan fingerprint density at radius 2 is 1.75 bits per heavy atom. The Morgan fingerprint density at radius 1 is 1.04 bits per heavy atom. The van der Waals surface area contributed by atoms with Crippen molar-refractivity contribution in [2.24, 2.45) is 0 Å². The van der Waals surface area contributed by atoms with Gasteiger partial charge in [0.05, 0.1) is 23.9 Å². The van der Waals surface area contributed by atoms with Crippen LogP contribution < -0.4 is 10.6 Å². The van der Waals surface area contributed by atoms with Crippen LogP contribution in [0.4, 0.5) is 17.3 Å². The van der Waals surface area contributed by atoms with E-state index in [1.54, 1.807) is 42.5 Å². The largest absolute Gasteiger partial charge is 0.465 e. The fraction of sp³-hybridized carbons (Fsp3) is 0.100. The minimum Gasteiger partial charge on any atom is -0.465 e. The summed E-state index contributed by atoms with van der Waals surface area (Å²) in [6, 6.07) is 12.0. The van der Waals surface area contributed by atoms with Gasteiger partial charge < -0.3 is 15.4 Å². The lowest BCUT2D eigenvalue weighted by molar-refractivity contribution is 0.0601. The molecule has 142 valence electrons. The van der Waals surface area contributed by atoms with Crippen LogP contribution in [-0.2, 0) is 4.74 Å². The van der Waals surface area contributed by atoms with Gasteiger partial charge in [0.2, 0.25) is 5.95 Å². The van der Waals surface area contributed by atoms with Gasteiger partial charge in [0, 0.05) is 23.1 Å². The first-order valence-corrected chi connectivity index (χ1v) is 8.69. The van der Waals surface area contributed by atoms with Gasteiger partial charge in [-0.2, -0.15) is 0 Å². The number of carbonyl (C=O) groups is 2. The molecular formula is C20H17ClN4O3. The number of ether oxygens (including phenoxy) is 1. The molecule has 0 spiro atoms. The minimum absolute atomic E-state index is 0.246. The number of nitrogens with one attached hydrogen (secondary N) is 2. The first kappa shape index (κ1) is 19.3. The van der Waals surface area contributed by atoms with Crippen LogP contribution in [0.1, 0.15) is 26.3 Å². The number of nitrogens with zero attached hydrogens (tertiary/aromatic N) is 2. The first-order valence-electron chi connectivity index (χ1n) is 8.32. The molecule has 28 heavy (non-hydrogen) atoms. The Kier molecular flexibility index (Phi) is 5.86. The maximum atomic E-state index is 12.4. The monoisotopic (exact) mass is 396 g/mol. The highest BCUT2D eigenvalue weighted by atomic mass is 35.5. The molecule has 0 aliphatic rings. The molecule has 3 aromatic rings. The third-order valence-electron chi connectivity index (χ3n) is 3.93. The minimum atomic E-state index is -0.475. The van der Waals surface area contributed by atoms with E-state index in [0.29, 0.717) is 27.5 Å². The van der Waals surface area contributed by atoms with Gasteiger partial charge in [-0.3, -0.25) is 4.79 Å². The van der Waals surface area contributed by atoms with Gasteiger partial charge in [-0.25, -0.2) is 14.8 Å². The van der Waals surface area contributed by atoms with E-state index in [1.807, 2.05) is 6.92 Å². The molecule has 0 atom stereocenters. The molecule has 3 rings (SSSR count). The maximum absolute atomic E-state index is 12.4. The van der Waals surface area contributed by atoms with Crippen LogP contribution in [0, 0.1) is 6.92 Å². The molecule has 0 bridgehead atoms. The SMILES string of the molecule is COC(=O)c1ccccc1Nc1ncc(C(=O)Nc2ccc(Cl)cc2C)cn1. The number of anilines is 3. The highest BCUT2D eigenvalue weighted by Crippen LogP contribution is 2.21. The number of amides is 1. The van der Waals surface area contributed by atoms with E-state index >= 15 is 0 Å². The lowest BCUT2D eigenvalue weighted by Crippen LogP contribution is -2.14. The molecule has 0 aliphatic heterocycles. The van der Waals surface area contributed by atoms with Gasteiger partial charge in [0.15, 0.2) is 0 Å². The van der Waals surface area contributed by atoms with Crippen molar-refractivity contribution in [3.8, 4) is 0 Å². The van der Waals surface area contributed by atoms with E-state index in [4.69, 9.17) is 16.3 Å². The molecule has 0 saturated heterocycles. The molecule has 2 N–H and O–H groups in total. The summed E-state index contributed by atoms with van der Waals surface area (Å²) in [5.74, 6) is -0.569. The van der Waals surface area contributed by atoms with E-state index in [0.717, 1.165) is 5.56 Å². The highest BCUT2D eigenvalue weighted by Gasteiger charge is 2.13. The van der Waals surface area contributed by atoms with Crippen LogP contribution >= 0.6 is 11.6 Å². The van der Waals surface area contributed by atoms with Crippen LogP contribution in [-0.4, -0.2) is 29.0 Å². The Balaban J connectivity index is 1.73. The van der Waals surface area contributed by atoms with Crippen molar-refractivity contribution in [1.82, 2.24) is 9.97 Å². The second-order valence-electron chi connectivity index (χ2n) is 5.87. The molecular weight excluding hydrogens is 380 g/mol. The summed E-state index contributed by atoms with van der Waals surface area (Å²) in [5, 5.41) is 6.34. The topological polar surface area (TPSA) is 93.2 Å². The van der Waals surface area contributed by atoms with Gasteiger partial charge in [0.1, 0.15) is 0 Å². The van der Waals surface area contributed by atoms with Crippen molar-refractivity contribution in [2.45, 2.75) is 6.92 Å². The van der Waals surface area contributed by atoms with Crippen LogP contribution in [0.2, 0.25) is 5.02 Å². The lowest BCUT2D eigenvalue weighted by atomic mass is 10.2. The van der Waals surface area contributed by atoms with Gasteiger partial charge in [0.25, 0.3) is 5.91 Å². The van der Waals surface area contributed by atoms with Crippen LogP contribution in [0.15, 0.2) is 54.9 Å². The second kappa shape index (κ2) is 8.49. The van der Waals surface area contributed by atoms with E-state index in [1.165, 1.54) is 19.5 Å². The zero-order valence-electron chi connectivity index (χ0n) is 15.2. The molecule has 1 amide bonds. The Morgan fingerprint density at radius 3 is 2.43 bits per heavy atom. The summed E-state index contributed by atoms with van der Waals surface area (Å²) < 4.78 is 4.76. The van der Waals surface area contributed by atoms with Crippen molar-refractivity contribution < 1.29 is 14.3 Å². The number of hydrogen-bond donors (Lipinski definition) is 2. The number of hydrogen-bond acceptors (Lipinski definition) is 6. The summed E-state index contributed by atoms with van der Waals surface area (Å²) in [6.07, 6.45) is 2.80. The van der Waals surface area contributed by atoms with E-state index in [9.17, 15) is 9.59 Å². The number of para-hydroxylation sites is 1. The molecule has 7 nitrogen and oxygen atoms in total. The number of aryl methyl sites for hydroxylation is 1. The van der Waals surface area contributed by atoms with Gasteiger partial charge >= 0.3 is 5.97 Å². The summed E-state index contributed by atoms with van der Waals surface area (Å²) >= 11 is 5.93. The number of esters is 1. The highest BCUT2D eigenvalue weighted by molar-refractivity contribution is 6.30. The Labute approximate surface area is 166 Å². The first-order chi connectivity index (χ1) is 13.5. The van der Waals surface area contributed by atoms with Crippen molar-refractivity contribution in [2.75, 3.05) is 17.7 Å². The Bertz CT molecular complexity index is 1020. The summed E-state index contributed by atoms with van der Waals surface area (Å²) in [4.78, 5) is 32.5. The van der Waals surface area contributed by atoms with Crippen LogP contribution in [0.25, 0.3) is 0 Å². The summed E-state index contributed by atoms with van der Waals surface area (Å²) in [6.45, 7) is 1.85. The van der Waals surface area contributed by atoms with Crippen molar-refractivity contribution in [1.29, 1.82) is 0 Å². The molecule has 1 aromatic heterocycles. The third-order valence-corrected chi connectivity index (χ3v) is 4.16. The molecule has 0 unspecified atom stereocenters. The van der Waals surface area contributed by atoms with Crippen LogP contribution in [0.5, 0.6) is 0 Å². The average Bonchev–Trinajstić information content (AvgIpc) is 2.70. The molecule has 0 saturated carbocycles. The number of benzene rings is 2. The average molecular weight is 397 g/mol. The van der Waals surface area contributed by atoms with Crippen molar-refractivity contribution in [3.05, 3.63) is 76.6 Å². The normalized spacial score (nSPS) is 10.2. The van der Waals surface area contributed by atoms with E-state index in [2.05, 4.69) is 20.6 Å². The molecule has 2 aromatic carbocycles. The van der Waals surface area contributed by atoms with Crippen molar-refractivity contribution >= 4 is 40.8 Å². The maximum Gasteiger partial charge on any atom is 0.339 e. The van der Waals surface area contributed by atoms with Crippen molar-refractivity contribution in [3.63, 3.8) is 0 Å². The van der Waals surface area contributed by atoms with Gasteiger partial charge in [-0.1, -0.05) is 23.7 Å². The third kappa shape index (κ3) is 4.44. The predicted molar refractivity (Wildman–Crippen MR) is 107 cm³/mol. The second-order valence-corrected chi connectivity index (χ2v) is 6.31.